The molecule has 1 aromatic heterocycles. The van der Waals surface area contributed by atoms with E-state index in [0.717, 1.165) is 16.9 Å². The number of nitrogens with one attached hydrogen (secondary N) is 2. The molecule has 0 radical (unpaired) electrons. The van der Waals surface area contributed by atoms with Gasteiger partial charge in [-0.3, -0.25) is 14.3 Å². The SMILES string of the molecule is CCN(Cc1ccccc1NCC(=O)Nc1cc(C)nn1C)C(C)=O. The summed E-state index contributed by atoms with van der Waals surface area (Å²) in [5.41, 5.74) is 2.67. The first-order valence-corrected chi connectivity index (χ1v) is 8.28. The number of anilines is 2. The van der Waals surface area contributed by atoms with E-state index in [9.17, 15) is 9.59 Å². The molecule has 25 heavy (non-hydrogen) atoms. The maximum Gasteiger partial charge on any atom is 0.244 e. The van der Waals surface area contributed by atoms with Crippen molar-refractivity contribution in [3.05, 3.63) is 41.6 Å². The molecule has 2 N–H and O–H groups in total. The summed E-state index contributed by atoms with van der Waals surface area (Å²) in [4.78, 5) is 25.5. The second-order valence-corrected chi connectivity index (χ2v) is 5.89. The van der Waals surface area contributed by atoms with Crippen molar-refractivity contribution in [1.82, 2.24) is 14.7 Å². The van der Waals surface area contributed by atoms with Crippen LogP contribution in [0.4, 0.5) is 11.5 Å². The second-order valence-electron chi connectivity index (χ2n) is 5.89. The van der Waals surface area contributed by atoms with Crippen LogP contribution >= 0.6 is 0 Å². The van der Waals surface area contributed by atoms with Gasteiger partial charge in [-0.25, -0.2) is 0 Å². The Morgan fingerprint density at radius 1 is 1.28 bits per heavy atom. The average molecular weight is 343 g/mol. The molecule has 0 saturated carbocycles. The Kier molecular flexibility index (Phi) is 6.16. The molecule has 0 aliphatic heterocycles. The lowest BCUT2D eigenvalue weighted by Crippen LogP contribution is -2.28. The number of amides is 2. The first-order valence-electron chi connectivity index (χ1n) is 8.28. The van der Waals surface area contributed by atoms with E-state index in [1.54, 1.807) is 23.6 Å². The number of carbonyl (C=O) groups is 2. The number of hydrogen-bond acceptors (Lipinski definition) is 4. The van der Waals surface area contributed by atoms with E-state index < -0.39 is 0 Å². The number of aromatic nitrogens is 2. The minimum atomic E-state index is -0.156. The Morgan fingerprint density at radius 2 is 2.00 bits per heavy atom. The smallest absolute Gasteiger partial charge is 0.244 e. The van der Waals surface area contributed by atoms with Gasteiger partial charge in [0.05, 0.1) is 12.2 Å². The van der Waals surface area contributed by atoms with Crippen molar-refractivity contribution in [1.29, 1.82) is 0 Å². The van der Waals surface area contributed by atoms with E-state index in [2.05, 4.69) is 15.7 Å². The molecule has 7 heteroatoms. The van der Waals surface area contributed by atoms with Crippen molar-refractivity contribution in [2.45, 2.75) is 27.3 Å². The number of benzene rings is 1. The lowest BCUT2D eigenvalue weighted by atomic mass is 10.1. The third kappa shape index (κ3) is 5.07. The van der Waals surface area contributed by atoms with E-state index in [0.29, 0.717) is 18.9 Å². The predicted octanol–water partition coefficient (Wildman–Crippen LogP) is 2.15. The molecule has 7 nitrogen and oxygen atoms in total. The highest BCUT2D eigenvalue weighted by Crippen LogP contribution is 2.17. The minimum absolute atomic E-state index is 0.0293. The Bertz CT molecular complexity index is 754. The van der Waals surface area contributed by atoms with Gasteiger partial charge in [0.1, 0.15) is 5.82 Å². The second kappa shape index (κ2) is 8.32. The number of para-hydroxylation sites is 1. The van der Waals surface area contributed by atoms with Crippen molar-refractivity contribution in [3.63, 3.8) is 0 Å². The summed E-state index contributed by atoms with van der Waals surface area (Å²) in [6.07, 6.45) is 0. The maximum absolute atomic E-state index is 12.2. The average Bonchev–Trinajstić information content (AvgIpc) is 2.88. The zero-order chi connectivity index (χ0) is 18.4. The molecule has 0 unspecified atom stereocenters. The summed E-state index contributed by atoms with van der Waals surface area (Å²) in [7, 11) is 1.78. The van der Waals surface area contributed by atoms with E-state index in [1.807, 2.05) is 44.2 Å². The van der Waals surface area contributed by atoms with Crippen LogP contribution in [-0.4, -0.2) is 39.6 Å². The lowest BCUT2D eigenvalue weighted by Gasteiger charge is -2.21. The number of aryl methyl sites for hydroxylation is 2. The van der Waals surface area contributed by atoms with Crippen LogP contribution in [0.3, 0.4) is 0 Å². The van der Waals surface area contributed by atoms with Crippen LogP contribution in [0.25, 0.3) is 0 Å². The molecule has 0 fully saturated rings. The number of rotatable bonds is 7. The van der Waals surface area contributed by atoms with Crippen LogP contribution in [0.5, 0.6) is 0 Å². The van der Waals surface area contributed by atoms with Crippen molar-refractivity contribution >= 4 is 23.3 Å². The summed E-state index contributed by atoms with van der Waals surface area (Å²) in [5, 5.41) is 10.2. The molecular weight excluding hydrogens is 318 g/mol. The topological polar surface area (TPSA) is 79.3 Å². The number of carbonyl (C=O) groups excluding carboxylic acids is 2. The van der Waals surface area contributed by atoms with Gasteiger partial charge in [0.2, 0.25) is 11.8 Å². The first-order chi connectivity index (χ1) is 11.9. The van der Waals surface area contributed by atoms with Crippen molar-refractivity contribution in [3.8, 4) is 0 Å². The molecule has 134 valence electrons. The fourth-order valence-electron chi connectivity index (χ4n) is 2.57. The monoisotopic (exact) mass is 343 g/mol. The van der Waals surface area contributed by atoms with E-state index in [1.165, 1.54) is 0 Å². The highest BCUT2D eigenvalue weighted by atomic mass is 16.2. The molecule has 0 saturated heterocycles. The van der Waals surface area contributed by atoms with E-state index >= 15 is 0 Å². The molecule has 2 rings (SSSR count). The van der Waals surface area contributed by atoms with Gasteiger partial charge in [-0.1, -0.05) is 18.2 Å². The maximum atomic E-state index is 12.2. The zero-order valence-corrected chi connectivity index (χ0v) is 15.2. The van der Waals surface area contributed by atoms with E-state index in [4.69, 9.17) is 0 Å². The summed E-state index contributed by atoms with van der Waals surface area (Å²) >= 11 is 0. The quantitative estimate of drug-likeness (QED) is 0.807. The number of hydrogen-bond donors (Lipinski definition) is 2. The van der Waals surface area contributed by atoms with Crippen LogP contribution in [0.2, 0.25) is 0 Å². The summed E-state index contributed by atoms with van der Waals surface area (Å²) in [5.74, 6) is 0.532. The van der Waals surface area contributed by atoms with Gasteiger partial charge >= 0.3 is 0 Å². The predicted molar refractivity (Wildman–Crippen MR) is 98.3 cm³/mol. The van der Waals surface area contributed by atoms with Crippen molar-refractivity contribution in [2.24, 2.45) is 7.05 Å². The molecule has 0 atom stereocenters. The Labute approximate surface area is 148 Å². The molecule has 2 aromatic rings. The van der Waals surface area contributed by atoms with Gasteiger partial charge in [0.25, 0.3) is 0 Å². The van der Waals surface area contributed by atoms with Gasteiger partial charge in [-0.2, -0.15) is 5.10 Å². The molecule has 1 heterocycles. The van der Waals surface area contributed by atoms with Crippen molar-refractivity contribution < 1.29 is 9.59 Å². The number of nitrogens with zero attached hydrogens (tertiary/aromatic N) is 3. The fraction of sp³-hybridized carbons (Fsp3) is 0.389. The van der Waals surface area contributed by atoms with Crippen LogP contribution in [0, 0.1) is 6.92 Å². The van der Waals surface area contributed by atoms with Gasteiger partial charge in [0, 0.05) is 38.8 Å². The first kappa shape index (κ1) is 18.5. The third-order valence-electron chi connectivity index (χ3n) is 3.91. The highest BCUT2D eigenvalue weighted by molar-refractivity contribution is 5.93. The standard InChI is InChI=1S/C18H25N5O2/c1-5-23(14(3)24)12-15-8-6-7-9-16(15)19-11-18(25)20-17-10-13(2)21-22(17)4/h6-10,19H,5,11-12H2,1-4H3,(H,20,25). The normalized spacial score (nSPS) is 10.4. The zero-order valence-electron chi connectivity index (χ0n) is 15.2. The Balaban J connectivity index is 1.99. The largest absolute Gasteiger partial charge is 0.376 e. The summed E-state index contributed by atoms with van der Waals surface area (Å²) in [6, 6.07) is 9.50. The van der Waals surface area contributed by atoms with Gasteiger partial charge in [-0.05, 0) is 25.5 Å². The van der Waals surface area contributed by atoms with Crippen molar-refractivity contribution in [2.75, 3.05) is 23.7 Å². The molecular formula is C18H25N5O2. The lowest BCUT2D eigenvalue weighted by molar-refractivity contribution is -0.129. The Hall–Kier alpha value is -2.83. The van der Waals surface area contributed by atoms with Crippen LogP contribution in [0.15, 0.2) is 30.3 Å². The fourth-order valence-corrected chi connectivity index (χ4v) is 2.57. The van der Waals surface area contributed by atoms with Gasteiger partial charge in [-0.15, -0.1) is 0 Å². The molecule has 2 amide bonds. The third-order valence-corrected chi connectivity index (χ3v) is 3.91. The van der Waals surface area contributed by atoms with E-state index in [-0.39, 0.29) is 18.4 Å². The molecule has 0 aliphatic rings. The highest BCUT2D eigenvalue weighted by Gasteiger charge is 2.11. The van der Waals surface area contributed by atoms with Gasteiger partial charge < -0.3 is 15.5 Å². The molecule has 0 spiro atoms. The van der Waals surface area contributed by atoms with Crippen LogP contribution in [0.1, 0.15) is 25.1 Å². The minimum Gasteiger partial charge on any atom is -0.376 e. The van der Waals surface area contributed by atoms with Crippen LogP contribution < -0.4 is 10.6 Å². The summed E-state index contributed by atoms with van der Waals surface area (Å²) in [6.45, 7) is 6.66. The summed E-state index contributed by atoms with van der Waals surface area (Å²) < 4.78 is 1.63. The molecule has 0 bridgehead atoms. The Morgan fingerprint density at radius 3 is 2.60 bits per heavy atom. The van der Waals surface area contributed by atoms with Gasteiger partial charge in [0.15, 0.2) is 0 Å². The molecule has 1 aromatic carbocycles. The molecule has 0 aliphatic carbocycles. The van der Waals surface area contributed by atoms with Crippen LogP contribution in [-0.2, 0) is 23.2 Å².